The Balaban J connectivity index is 2.03. The first-order valence-corrected chi connectivity index (χ1v) is 4.33. The van der Waals surface area contributed by atoms with E-state index in [1.54, 1.807) is 0 Å². The predicted molar refractivity (Wildman–Crippen MR) is 42.0 cm³/mol. The molecular formula is C8H13NO3. The first kappa shape index (κ1) is 8.01. The normalized spacial score (nSPS) is 39.8. The van der Waals surface area contributed by atoms with E-state index in [9.17, 15) is 4.79 Å². The minimum absolute atomic E-state index is 0.187. The van der Waals surface area contributed by atoms with Gasteiger partial charge in [0.15, 0.2) is 0 Å². The fraction of sp³-hybridized carbons (Fsp3) is 0.875. The van der Waals surface area contributed by atoms with E-state index in [0.717, 1.165) is 26.0 Å². The maximum atomic E-state index is 11.0. The van der Waals surface area contributed by atoms with Crippen molar-refractivity contribution in [1.82, 2.24) is 5.32 Å². The second kappa shape index (κ2) is 2.71. The van der Waals surface area contributed by atoms with Crippen molar-refractivity contribution in [2.24, 2.45) is 0 Å². The summed E-state index contributed by atoms with van der Waals surface area (Å²) < 4.78 is 5.04. The lowest BCUT2D eigenvalue weighted by Crippen LogP contribution is -2.48. The fourth-order valence-electron chi connectivity index (χ4n) is 1.82. The lowest BCUT2D eigenvalue weighted by atomic mass is 9.92. The quantitative estimate of drug-likeness (QED) is 0.586. The van der Waals surface area contributed by atoms with Gasteiger partial charge in [0.05, 0.1) is 12.7 Å². The zero-order chi connectivity index (χ0) is 8.60. The second-order valence-corrected chi connectivity index (χ2v) is 3.58. The van der Waals surface area contributed by atoms with E-state index in [0.29, 0.717) is 6.42 Å². The summed E-state index contributed by atoms with van der Waals surface area (Å²) in [4.78, 5) is 11.0. The molecule has 0 amide bonds. The minimum Gasteiger partial charge on any atom is -0.480 e. The number of ether oxygens (including phenoxy) is 1. The van der Waals surface area contributed by atoms with E-state index in [1.807, 2.05) is 0 Å². The molecule has 0 radical (unpaired) electrons. The summed E-state index contributed by atoms with van der Waals surface area (Å²) in [5.74, 6) is -0.726. The van der Waals surface area contributed by atoms with Crippen molar-refractivity contribution in [3.8, 4) is 0 Å². The predicted octanol–water partition coefficient (Wildman–Crippen LogP) is -0.0179. The van der Waals surface area contributed by atoms with E-state index < -0.39 is 11.5 Å². The van der Waals surface area contributed by atoms with Crippen LogP contribution in [0.1, 0.15) is 19.3 Å². The van der Waals surface area contributed by atoms with Crippen molar-refractivity contribution in [2.45, 2.75) is 30.9 Å². The van der Waals surface area contributed by atoms with E-state index in [-0.39, 0.29) is 6.10 Å². The highest BCUT2D eigenvalue weighted by atomic mass is 16.6. The van der Waals surface area contributed by atoms with Gasteiger partial charge in [0, 0.05) is 6.42 Å². The Hall–Kier alpha value is -0.610. The highest BCUT2D eigenvalue weighted by Crippen LogP contribution is 2.29. The van der Waals surface area contributed by atoms with Crippen molar-refractivity contribution in [1.29, 1.82) is 0 Å². The number of hydrogen-bond donors (Lipinski definition) is 2. The molecule has 68 valence electrons. The molecule has 0 bridgehead atoms. The smallest absolute Gasteiger partial charge is 0.324 e. The van der Waals surface area contributed by atoms with Crippen LogP contribution in [-0.4, -0.2) is 35.9 Å². The summed E-state index contributed by atoms with van der Waals surface area (Å²) in [5.41, 5.74) is -0.679. The Morgan fingerprint density at radius 2 is 2.50 bits per heavy atom. The standard InChI is InChI=1S/C8H13NO3/c10-7(11)8(2-1-3-9-8)4-6-5-12-6/h6,9H,1-5H2,(H,10,11). The van der Waals surface area contributed by atoms with Crippen LogP contribution in [0.3, 0.4) is 0 Å². The Labute approximate surface area is 70.9 Å². The van der Waals surface area contributed by atoms with Crippen LogP contribution in [-0.2, 0) is 9.53 Å². The van der Waals surface area contributed by atoms with Gasteiger partial charge in [0.2, 0.25) is 0 Å². The average molecular weight is 171 g/mol. The third kappa shape index (κ3) is 1.32. The maximum Gasteiger partial charge on any atom is 0.324 e. The number of aliphatic carboxylic acids is 1. The third-order valence-corrected chi connectivity index (χ3v) is 2.63. The summed E-state index contributed by atoms with van der Waals surface area (Å²) >= 11 is 0. The molecular weight excluding hydrogens is 158 g/mol. The number of nitrogens with one attached hydrogen (secondary N) is 1. The molecule has 0 spiro atoms. The highest BCUT2D eigenvalue weighted by Gasteiger charge is 2.45. The van der Waals surface area contributed by atoms with Gasteiger partial charge in [0.1, 0.15) is 5.54 Å². The Kier molecular flexibility index (Phi) is 1.81. The van der Waals surface area contributed by atoms with Gasteiger partial charge in [-0.05, 0) is 19.4 Å². The van der Waals surface area contributed by atoms with Gasteiger partial charge in [-0.15, -0.1) is 0 Å². The minimum atomic E-state index is -0.726. The molecule has 2 atom stereocenters. The summed E-state index contributed by atoms with van der Waals surface area (Å²) in [7, 11) is 0. The maximum absolute atomic E-state index is 11.0. The molecule has 2 heterocycles. The van der Waals surface area contributed by atoms with Crippen molar-refractivity contribution < 1.29 is 14.6 Å². The van der Waals surface area contributed by atoms with Crippen LogP contribution in [0.2, 0.25) is 0 Å². The van der Waals surface area contributed by atoms with Crippen LogP contribution in [0.4, 0.5) is 0 Å². The molecule has 0 aromatic heterocycles. The van der Waals surface area contributed by atoms with Crippen molar-refractivity contribution in [3.63, 3.8) is 0 Å². The van der Waals surface area contributed by atoms with E-state index >= 15 is 0 Å². The topological polar surface area (TPSA) is 61.9 Å². The molecule has 2 fully saturated rings. The molecule has 0 aromatic carbocycles. The number of epoxide rings is 1. The number of hydrogen-bond acceptors (Lipinski definition) is 3. The third-order valence-electron chi connectivity index (χ3n) is 2.63. The molecule has 2 aliphatic rings. The van der Waals surface area contributed by atoms with Gasteiger partial charge >= 0.3 is 5.97 Å². The zero-order valence-electron chi connectivity index (χ0n) is 6.88. The molecule has 12 heavy (non-hydrogen) atoms. The zero-order valence-corrected chi connectivity index (χ0v) is 6.88. The summed E-state index contributed by atoms with van der Waals surface area (Å²) in [6.45, 7) is 1.55. The molecule has 2 rings (SSSR count). The Morgan fingerprint density at radius 1 is 1.75 bits per heavy atom. The number of rotatable bonds is 3. The first-order valence-electron chi connectivity index (χ1n) is 4.33. The molecule has 2 aliphatic heterocycles. The largest absolute Gasteiger partial charge is 0.480 e. The van der Waals surface area contributed by atoms with E-state index in [2.05, 4.69) is 5.32 Å². The lowest BCUT2D eigenvalue weighted by molar-refractivity contribution is -0.144. The van der Waals surface area contributed by atoms with Gasteiger partial charge in [-0.25, -0.2) is 0 Å². The molecule has 0 saturated carbocycles. The van der Waals surface area contributed by atoms with E-state index in [1.165, 1.54) is 0 Å². The number of carboxylic acid groups (broad SMARTS) is 1. The molecule has 0 aromatic rings. The van der Waals surface area contributed by atoms with Crippen molar-refractivity contribution >= 4 is 5.97 Å². The lowest BCUT2D eigenvalue weighted by Gasteiger charge is -2.23. The highest BCUT2D eigenvalue weighted by molar-refractivity contribution is 5.79. The molecule has 2 N–H and O–H groups in total. The molecule has 0 aliphatic carbocycles. The summed E-state index contributed by atoms with van der Waals surface area (Å²) in [6, 6.07) is 0. The van der Waals surface area contributed by atoms with Crippen LogP contribution in [0.25, 0.3) is 0 Å². The van der Waals surface area contributed by atoms with Crippen LogP contribution in [0, 0.1) is 0 Å². The molecule has 4 heteroatoms. The fourth-order valence-corrected chi connectivity index (χ4v) is 1.82. The van der Waals surface area contributed by atoms with Gasteiger partial charge in [-0.3, -0.25) is 4.79 Å². The summed E-state index contributed by atoms with van der Waals surface area (Å²) in [5, 5.41) is 12.1. The molecule has 2 saturated heterocycles. The Bertz CT molecular complexity index is 194. The van der Waals surface area contributed by atoms with Crippen LogP contribution in [0.5, 0.6) is 0 Å². The van der Waals surface area contributed by atoms with E-state index in [4.69, 9.17) is 9.84 Å². The summed E-state index contributed by atoms with van der Waals surface area (Å²) in [6.07, 6.45) is 2.51. The number of carboxylic acids is 1. The molecule has 2 unspecified atom stereocenters. The number of carbonyl (C=O) groups is 1. The van der Waals surface area contributed by atoms with Crippen LogP contribution < -0.4 is 5.32 Å². The van der Waals surface area contributed by atoms with Crippen LogP contribution >= 0.6 is 0 Å². The van der Waals surface area contributed by atoms with Gasteiger partial charge in [-0.1, -0.05) is 0 Å². The van der Waals surface area contributed by atoms with Crippen LogP contribution in [0.15, 0.2) is 0 Å². The second-order valence-electron chi connectivity index (χ2n) is 3.58. The van der Waals surface area contributed by atoms with Crippen molar-refractivity contribution in [2.75, 3.05) is 13.2 Å². The monoisotopic (exact) mass is 171 g/mol. The van der Waals surface area contributed by atoms with Crippen molar-refractivity contribution in [3.05, 3.63) is 0 Å². The van der Waals surface area contributed by atoms with Gasteiger partial charge < -0.3 is 15.2 Å². The van der Waals surface area contributed by atoms with Gasteiger partial charge in [-0.2, -0.15) is 0 Å². The first-order chi connectivity index (χ1) is 5.73. The SMILES string of the molecule is O=C(O)C1(CC2CO2)CCCN1. The Morgan fingerprint density at radius 3 is 2.92 bits per heavy atom. The average Bonchev–Trinajstić information content (AvgIpc) is 2.66. The van der Waals surface area contributed by atoms with Gasteiger partial charge in [0.25, 0.3) is 0 Å². The molecule has 4 nitrogen and oxygen atoms in total.